The van der Waals surface area contributed by atoms with Gasteiger partial charge in [0.25, 0.3) is 5.91 Å². The molecule has 31 heavy (non-hydrogen) atoms. The van der Waals surface area contributed by atoms with E-state index in [1.807, 2.05) is 31.2 Å². The predicted molar refractivity (Wildman–Crippen MR) is 117 cm³/mol. The van der Waals surface area contributed by atoms with E-state index in [-0.39, 0.29) is 17.6 Å². The Labute approximate surface area is 184 Å². The van der Waals surface area contributed by atoms with E-state index in [1.54, 1.807) is 24.1 Å². The lowest BCUT2D eigenvalue weighted by atomic mass is 10.0. The molecular formula is C22H24N4O4S. The summed E-state index contributed by atoms with van der Waals surface area (Å²) in [6, 6.07) is 10.3. The Hall–Kier alpha value is -3.04. The molecule has 9 heteroatoms. The maximum absolute atomic E-state index is 13.1. The molecule has 0 saturated carbocycles. The third kappa shape index (κ3) is 4.83. The number of likely N-dealkylation sites (tertiary alicyclic amines) is 1. The molecule has 1 aliphatic heterocycles. The smallest absolute Gasteiger partial charge is 0.290 e. The molecule has 0 radical (unpaired) electrons. The van der Waals surface area contributed by atoms with E-state index in [1.165, 1.54) is 11.3 Å². The molecule has 0 bridgehead atoms. The van der Waals surface area contributed by atoms with Crippen molar-refractivity contribution >= 4 is 28.8 Å². The van der Waals surface area contributed by atoms with Gasteiger partial charge in [-0.3, -0.25) is 9.59 Å². The van der Waals surface area contributed by atoms with Gasteiger partial charge in [-0.05, 0) is 50.5 Å². The summed E-state index contributed by atoms with van der Waals surface area (Å²) in [5.41, 5.74) is 1.55. The van der Waals surface area contributed by atoms with Crippen molar-refractivity contribution in [3.8, 4) is 10.6 Å². The van der Waals surface area contributed by atoms with Crippen LogP contribution in [0.4, 0.5) is 5.69 Å². The molecule has 4 rings (SSSR count). The molecule has 1 atom stereocenters. The first kappa shape index (κ1) is 21.2. The number of methoxy groups -OCH3 is 1. The lowest BCUT2D eigenvalue weighted by Gasteiger charge is -2.34. The Bertz CT molecular complexity index is 1080. The van der Waals surface area contributed by atoms with Crippen molar-refractivity contribution < 1.29 is 18.7 Å². The standard InChI is InChI=1S/C22H24N4O4S/c1-14-24-25-21(31-14)15-6-5-7-16(12-15)23-20(27)18-8-3-4-11-26(18)22(28)19-10-9-17(30-19)13-29-2/h5-7,9-10,12,18H,3-4,8,11,13H2,1-2H3,(H,23,27)/t18-/m0/s1. The third-order valence-corrected chi connectivity index (χ3v) is 6.02. The van der Waals surface area contributed by atoms with Crippen LogP contribution in [0.2, 0.25) is 0 Å². The van der Waals surface area contributed by atoms with Gasteiger partial charge in [-0.15, -0.1) is 10.2 Å². The summed E-state index contributed by atoms with van der Waals surface area (Å²) in [6.45, 7) is 2.71. The van der Waals surface area contributed by atoms with Crippen LogP contribution in [0.1, 0.15) is 40.6 Å². The predicted octanol–water partition coefficient (Wildman–Crippen LogP) is 3.89. The molecule has 1 fully saturated rings. The summed E-state index contributed by atoms with van der Waals surface area (Å²) >= 11 is 1.50. The number of carbonyl (C=O) groups is 2. The summed E-state index contributed by atoms with van der Waals surface area (Å²) in [5.74, 6) is 0.315. The normalized spacial score (nSPS) is 16.3. The lowest BCUT2D eigenvalue weighted by molar-refractivity contribution is -0.121. The number of hydrogen-bond acceptors (Lipinski definition) is 7. The molecule has 2 aromatic heterocycles. The Morgan fingerprint density at radius 1 is 1.26 bits per heavy atom. The van der Waals surface area contributed by atoms with Gasteiger partial charge in [-0.1, -0.05) is 23.5 Å². The second kappa shape index (κ2) is 9.40. The first-order valence-corrected chi connectivity index (χ1v) is 11.0. The maximum Gasteiger partial charge on any atom is 0.290 e. The highest BCUT2D eigenvalue weighted by Crippen LogP contribution is 2.27. The lowest BCUT2D eigenvalue weighted by Crippen LogP contribution is -2.49. The van der Waals surface area contributed by atoms with E-state index in [0.717, 1.165) is 28.4 Å². The molecule has 0 spiro atoms. The fourth-order valence-electron chi connectivity index (χ4n) is 3.67. The number of aromatic nitrogens is 2. The second-order valence-corrected chi connectivity index (χ2v) is 8.59. The minimum Gasteiger partial charge on any atom is -0.453 e. The molecule has 1 saturated heterocycles. The third-order valence-electron chi connectivity index (χ3n) is 5.13. The highest BCUT2D eigenvalue weighted by atomic mass is 32.1. The van der Waals surface area contributed by atoms with Crippen molar-refractivity contribution in [3.63, 3.8) is 0 Å². The first-order valence-electron chi connectivity index (χ1n) is 10.1. The van der Waals surface area contributed by atoms with Crippen LogP contribution in [0.3, 0.4) is 0 Å². The summed E-state index contributed by atoms with van der Waals surface area (Å²) < 4.78 is 10.6. The van der Waals surface area contributed by atoms with Gasteiger partial charge >= 0.3 is 0 Å². The Morgan fingerprint density at radius 3 is 2.90 bits per heavy atom. The van der Waals surface area contributed by atoms with Crippen LogP contribution in [-0.4, -0.2) is 46.6 Å². The topological polar surface area (TPSA) is 97.6 Å². The average molecular weight is 441 g/mol. The van der Waals surface area contributed by atoms with Crippen LogP contribution in [-0.2, 0) is 16.1 Å². The van der Waals surface area contributed by atoms with E-state index in [0.29, 0.717) is 31.0 Å². The number of aryl methyl sites for hydroxylation is 1. The number of rotatable bonds is 6. The second-order valence-electron chi connectivity index (χ2n) is 7.41. The largest absolute Gasteiger partial charge is 0.453 e. The van der Waals surface area contributed by atoms with Crippen LogP contribution in [0.25, 0.3) is 10.6 Å². The number of amides is 2. The minimum absolute atomic E-state index is 0.206. The highest BCUT2D eigenvalue weighted by molar-refractivity contribution is 7.14. The minimum atomic E-state index is -0.551. The van der Waals surface area contributed by atoms with E-state index in [2.05, 4.69) is 15.5 Å². The summed E-state index contributed by atoms with van der Waals surface area (Å²) in [4.78, 5) is 27.7. The zero-order valence-electron chi connectivity index (χ0n) is 17.5. The van der Waals surface area contributed by atoms with Crippen LogP contribution < -0.4 is 5.32 Å². The Kier molecular flexibility index (Phi) is 6.43. The van der Waals surface area contributed by atoms with Crippen LogP contribution in [0.15, 0.2) is 40.8 Å². The zero-order chi connectivity index (χ0) is 21.8. The van der Waals surface area contributed by atoms with Crippen molar-refractivity contribution in [2.24, 2.45) is 0 Å². The fourth-order valence-corrected chi connectivity index (χ4v) is 4.36. The molecule has 0 unspecified atom stereocenters. The Morgan fingerprint density at radius 2 is 2.13 bits per heavy atom. The summed E-state index contributed by atoms with van der Waals surface area (Å²) in [6.07, 6.45) is 2.35. The van der Waals surface area contributed by atoms with Crippen molar-refractivity contribution in [2.75, 3.05) is 19.0 Å². The molecule has 1 aromatic carbocycles. The molecular weight excluding hydrogens is 416 g/mol. The van der Waals surface area contributed by atoms with Gasteiger partial charge in [0.1, 0.15) is 28.4 Å². The summed E-state index contributed by atoms with van der Waals surface area (Å²) in [7, 11) is 1.57. The molecule has 162 valence electrons. The number of piperidine rings is 1. The molecule has 3 heterocycles. The molecule has 8 nitrogen and oxygen atoms in total. The number of hydrogen-bond donors (Lipinski definition) is 1. The van der Waals surface area contributed by atoms with Gasteiger partial charge in [0, 0.05) is 24.9 Å². The van der Waals surface area contributed by atoms with Crippen LogP contribution in [0, 0.1) is 6.92 Å². The van der Waals surface area contributed by atoms with Gasteiger partial charge in [-0.25, -0.2) is 0 Å². The number of benzene rings is 1. The SMILES string of the molecule is COCc1ccc(C(=O)N2CCCC[C@H]2C(=O)Nc2cccc(-c3nnc(C)s3)c2)o1. The summed E-state index contributed by atoms with van der Waals surface area (Å²) in [5, 5.41) is 12.9. The van der Waals surface area contributed by atoms with Crippen LogP contribution in [0.5, 0.6) is 0 Å². The molecule has 0 aliphatic carbocycles. The number of furan rings is 1. The quantitative estimate of drug-likeness (QED) is 0.625. The van der Waals surface area contributed by atoms with Gasteiger partial charge in [-0.2, -0.15) is 0 Å². The van der Waals surface area contributed by atoms with Crippen molar-refractivity contribution in [1.29, 1.82) is 0 Å². The number of ether oxygens (including phenoxy) is 1. The zero-order valence-corrected chi connectivity index (χ0v) is 18.3. The van der Waals surface area contributed by atoms with E-state index in [4.69, 9.17) is 9.15 Å². The fraction of sp³-hybridized carbons (Fsp3) is 0.364. The van der Waals surface area contributed by atoms with Crippen molar-refractivity contribution in [3.05, 3.63) is 52.9 Å². The number of anilines is 1. The van der Waals surface area contributed by atoms with Gasteiger partial charge < -0.3 is 19.4 Å². The molecule has 2 amide bonds. The van der Waals surface area contributed by atoms with Gasteiger partial charge in [0.2, 0.25) is 5.91 Å². The number of carbonyl (C=O) groups excluding carboxylic acids is 2. The maximum atomic E-state index is 13.1. The molecule has 1 N–H and O–H groups in total. The Balaban J connectivity index is 1.49. The van der Waals surface area contributed by atoms with E-state index < -0.39 is 6.04 Å². The monoisotopic (exact) mass is 440 g/mol. The number of nitrogens with zero attached hydrogens (tertiary/aromatic N) is 3. The molecule has 1 aliphatic rings. The van der Waals surface area contributed by atoms with Gasteiger partial charge in [0.05, 0.1) is 0 Å². The van der Waals surface area contributed by atoms with Crippen LogP contribution >= 0.6 is 11.3 Å². The van der Waals surface area contributed by atoms with Crippen molar-refractivity contribution in [2.45, 2.75) is 38.8 Å². The van der Waals surface area contributed by atoms with E-state index in [9.17, 15) is 9.59 Å². The first-order chi connectivity index (χ1) is 15.0. The van der Waals surface area contributed by atoms with Gasteiger partial charge in [0.15, 0.2) is 5.76 Å². The number of nitrogens with one attached hydrogen (secondary N) is 1. The van der Waals surface area contributed by atoms with E-state index >= 15 is 0 Å². The van der Waals surface area contributed by atoms with Crippen molar-refractivity contribution in [1.82, 2.24) is 15.1 Å². The highest BCUT2D eigenvalue weighted by Gasteiger charge is 2.34. The average Bonchev–Trinajstić information content (AvgIpc) is 3.43. The molecule has 3 aromatic rings.